The van der Waals surface area contributed by atoms with E-state index in [9.17, 15) is 4.79 Å². The molecule has 1 atom stereocenters. The van der Waals surface area contributed by atoms with Gasteiger partial charge in [-0.05, 0) is 17.8 Å². The normalized spacial score (nSPS) is 25.8. The molecular formula is C10H16O2. The summed E-state index contributed by atoms with van der Waals surface area (Å²) < 4.78 is 4.51. The highest BCUT2D eigenvalue weighted by Gasteiger charge is 2.43. The van der Waals surface area contributed by atoms with Crippen LogP contribution in [0, 0.1) is 11.3 Å². The molecule has 0 saturated heterocycles. The van der Waals surface area contributed by atoms with Gasteiger partial charge in [-0.2, -0.15) is 0 Å². The van der Waals surface area contributed by atoms with Gasteiger partial charge in [-0.25, -0.2) is 0 Å². The number of methoxy groups -OCH3 is 1. The first-order chi connectivity index (χ1) is 5.56. The third kappa shape index (κ3) is 2.36. The van der Waals surface area contributed by atoms with Gasteiger partial charge in [0.15, 0.2) is 0 Å². The fraction of sp³-hybridized carbons (Fsp3) is 0.700. The summed E-state index contributed by atoms with van der Waals surface area (Å²) in [4.78, 5) is 10.7. The van der Waals surface area contributed by atoms with Gasteiger partial charge in [-0.15, -0.1) is 0 Å². The molecule has 0 aromatic heterocycles. The van der Waals surface area contributed by atoms with E-state index in [1.807, 2.05) is 6.08 Å². The predicted molar refractivity (Wildman–Crippen MR) is 47.7 cm³/mol. The lowest BCUT2D eigenvalue weighted by Gasteiger charge is -1.96. The third-order valence-corrected chi connectivity index (χ3v) is 2.47. The number of carbonyl (C=O) groups excluding carboxylic acids is 1. The first-order valence-corrected chi connectivity index (χ1v) is 4.30. The van der Waals surface area contributed by atoms with Crippen LogP contribution < -0.4 is 0 Å². The Labute approximate surface area is 73.6 Å². The molecule has 0 spiro atoms. The van der Waals surface area contributed by atoms with Gasteiger partial charge in [0.05, 0.1) is 13.5 Å². The van der Waals surface area contributed by atoms with Gasteiger partial charge in [0, 0.05) is 0 Å². The maximum atomic E-state index is 10.7. The fourth-order valence-electron chi connectivity index (χ4n) is 1.25. The van der Waals surface area contributed by atoms with Crippen molar-refractivity contribution in [2.75, 3.05) is 7.11 Å². The lowest BCUT2D eigenvalue weighted by atomic mass is 10.1. The molecule has 12 heavy (non-hydrogen) atoms. The predicted octanol–water partition coefficient (Wildman–Crippen LogP) is 2.15. The second kappa shape index (κ2) is 3.30. The summed E-state index contributed by atoms with van der Waals surface area (Å²) in [5.74, 6) is 0.506. The number of ether oxygens (including phenoxy) is 1. The molecule has 2 nitrogen and oxygen atoms in total. The molecule has 0 bridgehead atoms. The number of rotatable bonds is 3. The molecule has 0 aromatic carbocycles. The molecule has 1 saturated carbocycles. The van der Waals surface area contributed by atoms with Crippen LogP contribution in [-0.2, 0) is 9.53 Å². The Morgan fingerprint density at radius 3 is 2.67 bits per heavy atom. The molecule has 0 N–H and O–H groups in total. The van der Waals surface area contributed by atoms with E-state index in [2.05, 4.69) is 24.7 Å². The topological polar surface area (TPSA) is 26.3 Å². The minimum atomic E-state index is -0.162. The Hall–Kier alpha value is -0.790. The molecule has 1 aliphatic carbocycles. The van der Waals surface area contributed by atoms with Crippen LogP contribution in [0.1, 0.15) is 26.7 Å². The molecule has 1 aliphatic rings. The van der Waals surface area contributed by atoms with E-state index in [-0.39, 0.29) is 5.97 Å². The summed E-state index contributed by atoms with van der Waals surface area (Å²) in [7, 11) is 1.41. The summed E-state index contributed by atoms with van der Waals surface area (Å²) in [6, 6.07) is 0. The van der Waals surface area contributed by atoms with Gasteiger partial charge in [0.1, 0.15) is 0 Å². The zero-order valence-corrected chi connectivity index (χ0v) is 7.96. The number of hydrogen-bond donors (Lipinski definition) is 0. The van der Waals surface area contributed by atoms with Crippen molar-refractivity contribution < 1.29 is 9.53 Å². The van der Waals surface area contributed by atoms with Crippen LogP contribution in [0.5, 0.6) is 0 Å². The molecule has 2 heteroatoms. The average molecular weight is 168 g/mol. The van der Waals surface area contributed by atoms with Crippen molar-refractivity contribution in [1.29, 1.82) is 0 Å². The standard InChI is InChI=1S/C10H16O2/c1-10(2)7-8(10)5-4-6-9(11)12-3/h4-5,8H,6-7H2,1-3H3/b5-4-. The van der Waals surface area contributed by atoms with Crippen molar-refractivity contribution in [2.45, 2.75) is 26.7 Å². The number of allylic oxidation sites excluding steroid dienone is 1. The zero-order valence-electron chi connectivity index (χ0n) is 7.96. The van der Waals surface area contributed by atoms with E-state index in [1.165, 1.54) is 13.5 Å². The van der Waals surface area contributed by atoms with Crippen LogP contribution in [0.4, 0.5) is 0 Å². The molecule has 1 fully saturated rings. The quantitative estimate of drug-likeness (QED) is 0.477. The lowest BCUT2D eigenvalue weighted by molar-refractivity contribution is -0.139. The van der Waals surface area contributed by atoms with Crippen LogP contribution >= 0.6 is 0 Å². The zero-order chi connectivity index (χ0) is 9.19. The van der Waals surface area contributed by atoms with E-state index < -0.39 is 0 Å². The SMILES string of the molecule is COC(=O)C/C=C\C1CC1(C)C. The van der Waals surface area contributed by atoms with Crippen LogP contribution in [0.15, 0.2) is 12.2 Å². The first kappa shape index (κ1) is 9.30. The summed E-state index contributed by atoms with van der Waals surface area (Å²) in [6.07, 6.45) is 5.68. The Balaban J connectivity index is 2.20. The lowest BCUT2D eigenvalue weighted by Crippen LogP contribution is -1.97. The van der Waals surface area contributed by atoms with Crippen LogP contribution in [0.2, 0.25) is 0 Å². The number of hydrogen-bond acceptors (Lipinski definition) is 2. The Morgan fingerprint density at radius 2 is 2.25 bits per heavy atom. The van der Waals surface area contributed by atoms with Crippen molar-refractivity contribution in [3.8, 4) is 0 Å². The van der Waals surface area contributed by atoms with Gasteiger partial charge in [-0.3, -0.25) is 4.79 Å². The third-order valence-electron chi connectivity index (χ3n) is 2.47. The highest BCUT2D eigenvalue weighted by Crippen LogP contribution is 2.52. The molecule has 0 heterocycles. The Morgan fingerprint density at radius 1 is 1.67 bits per heavy atom. The molecule has 0 aliphatic heterocycles. The van der Waals surface area contributed by atoms with Crippen molar-refractivity contribution in [1.82, 2.24) is 0 Å². The monoisotopic (exact) mass is 168 g/mol. The van der Waals surface area contributed by atoms with Gasteiger partial charge in [0.25, 0.3) is 0 Å². The van der Waals surface area contributed by atoms with E-state index in [4.69, 9.17) is 0 Å². The van der Waals surface area contributed by atoms with Crippen molar-refractivity contribution >= 4 is 5.97 Å². The molecule has 1 unspecified atom stereocenters. The smallest absolute Gasteiger partial charge is 0.309 e. The maximum absolute atomic E-state index is 10.7. The average Bonchev–Trinajstić information content (AvgIpc) is 2.59. The molecule has 1 rings (SSSR count). The minimum absolute atomic E-state index is 0.162. The number of esters is 1. The molecular weight excluding hydrogens is 152 g/mol. The van der Waals surface area contributed by atoms with Crippen molar-refractivity contribution in [3.05, 3.63) is 12.2 Å². The van der Waals surface area contributed by atoms with Crippen LogP contribution in [-0.4, -0.2) is 13.1 Å². The summed E-state index contributed by atoms with van der Waals surface area (Å²) in [5.41, 5.74) is 0.465. The first-order valence-electron chi connectivity index (χ1n) is 4.30. The van der Waals surface area contributed by atoms with Gasteiger partial charge in [-0.1, -0.05) is 26.0 Å². The van der Waals surface area contributed by atoms with Crippen molar-refractivity contribution in [3.63, 3.8) is 0 Å². The minimum Gasteiger partial charge on any atom is -0.469 e. The Bertz CT molecular complexity index is 204. The second-order valence-electron chi connectivity index (χ2n) is 4.01. The summed E-state index contributed by atoms with van der Waals surface area (Å²) in [6.45, 7) is 4.47. The summed E-state index contributed by atoms with van der Waals surface area (Å²) >= 11 is 0. The van der Waals surface area contributed by atoms with E-state index >= 15 is 0 Å². The molecule has 68 valence electrons. The molecule has 0 amide bonds. The van der Waals surface area contributed by atoms with E-state index in [0.29, 0.717) is 17.8 Å². The highest BCUT2D eigenvalue weighted by molar-refractivity contribution is 5.70. The highest BCUT2D eigenvalue weighted by atomic mass is 16.5. The maximum Gasteiger partial charge on any atom is 0.309 e. The summed E-state index contributed by atoms with van der Waals surface area (Å²) in [5, 5.41) is 0. The van der Waals surface area contributed by atoms with Gasteiger partial charge >= 0.3 is 5.97 Å². The van der Waals surface area contributed by atoms with E-state index in [1.54, 1.807) is 0 Å². The Kier molecular flexibility index (Phi) is 2.55. The van der Waals surface area contributed by atoms with Crippen LogP contribution in [0.25, 0.3) is 0 Å². The van der Waals surface area contributed by atoms with E-state index in [0.717, 1.165) is 0 Å². The van der Waals surface area contributed by atoms with Gasteiger partial charge in [0.2, 0.25) is 0 Å². The fourth-order valence-corrected chi connectivity index (χ4v) is 1.25. The second-order valence-corrected chi connectivity index (χ2v) is 4.01. The van der Waals surface area contributed by atoms with Gasteiger partial charge < -0.3 is 4.74 Å². The molecule has 0 aromatic rings. The van der Waals surface area contributed by atoms with Crippen LogP contribution in [0.3, 0.4) is 0 Å². The largest absolute Gasteiger partial charge is 0.469 e. The molecule has 0 radical (unpaired) electrons. The van der Waals surface area contributed by atoms with Crippen molar-refractivity contribution in [2.24, 2.45) is 11.3 Å². The number of carbonyl (C=O) groups is 1.